The van der Waals surface area contributed by atoms with Gasteiger partial charge in [-0.1, -0.05) is 30.6 Å². The third-order valence-electron chi connectivity index (χ3n) is 8.65. The van der Waals surface area contributed by atoms with E-state index in [1.165, 1.54) is 12.1 Å². The monoisotopic (exact) mass is 480 g/mol. The van der Waals surface area contributed by atoms with Gasteiger partial charge in [0.25, 0.3) is 5.69 Å². The number of benzene rings is 2. The van der Waals surface area contributed by atoms with Gasteiger partial charge in [0.2, 0.25) is 0 Å². The van der Waals surface area contributed by atoms with Crippen molar-refractivity contribution in [3.8, 4) is 11.5 Å². The number of hydrogen-bond donors (Lipinski definition) is 2. The Morgan fingerprint density at radius 2 is 2.06 bits per heavy atom. The average Bonchev–Trinajstić information content (AvgIpc) is 2.84. The predicted molar refractivity (Wildman–Crippen MR) is 131 cm³/mol. The molecular weight excluding hydrogens is 448 g/mol. The number of rotatable bonds is 5. The summed E-state index contributed by atoms with van der Waals surface area (Å²) in [6.45, 7) is 2.34. The maximum absolute atomic E-state index is 11.1. The quantitative estimate of drug-likeness (QED) is 0.444. The molecule has 3 aliphatic carbocycles. The highest BCUT2D eigenvalue weighted by Gasteiger charge is 2.53. The molecule has 0 aliphatic heterocycles. The highest BCUT2D eigenvalue weighted by molar-refractivity contribution is 6.03. The Morgan fingerprint density at radius 3 is 2.83 bits per heavy atom. The van der Waals surface area contributed by atoms with Crippen LogP contribution in [0.3, 0.4) is 0 Å². The normalized spacial score (nSPS) is 30.7. The van der Waals surface area contributed by atoms with Gasteiger partial charge in [-0.15, -0.1) is 0 Å². The van der Waals surface area contributed by atoms with Crippen molar-refractivity contribution in [2.75, 3.05) is 7.11 Å². The summed E-state index contributed by atoms with van der Waals surface area (Å²) < 4.78 is 5.42. The lowest BCUT2D eigenvalue weighted by atomic mass is 9.50. The molecule has 2 aromatic rings. The zero-order valence-corrected chi connectivity index (χ0v) is 20.1. The van der Waals surface area contributed by atoms with Crippen LogP contribution in [0, 0.1) is 27.4 Å². The lowest BCUT2D eigenvalue weighted by Crippen LogP contribution is -2.51. The molecule has 5 rings (SSSR count). The Labute approximate surface area is 204 Å². The molecule has 0 amide bonds. The largest absolute Gasteiger partial charge is 0.504 e. The molecule has 8 nitrogen and oxygen atoms in total. The summed E-state index contributed by atoms with van der Waals surface area (Å²) in [6.07, 6.45) is 5.31. The summed E-state index contributed by atoms with van der Waals surface area (Å²) in [5, 5.41) is 37.0. The van der Waals surface area contributed by atoms with Gasteiger partial charge >= 0.3 is 0 Å². The van der Waals surface area contributed by atoms with Crippen LogP contribution in [-0.4, -0.2) is 34.1 Å². The number of hydrogen-bond acceptors (Lipinski definition) is 7. The molecule has 2 N–H and O–H groups in total. The van der Waals surface area contributed by atoms with Gasteiger partial charge in [-0.25, -0.2) is 0 Å². The average molecular weight is 481 g/mol. The molecule has 2 aromatic carbocycles. The van der Waals surface area contributed by atoms with Gasteiger partial charge in [0.1, 0.15) is 6.61 Å². The number of methoxy groups -OCH3 is 1. The third kappa shape index (κ3) is 4.14. The van der Waals surface area contributed by atoms with E-state index in [1.807, 2.05) is 6.07 Å². The van der Waals surface area contributed by atoms with E-state index in [-0.39, 0.29) is 29.6 Å². The van der Waals surface area contributed by atoms with E-state index >= 15 is 0 Å². The number of phenolic OH excluding ortho intramolecular Hbond substituents is 1. The summed E-state index contributed by atoms with van der Waals surface area (Å²) in [5.41, 5.74) is 3.30. The maximum atomic E-state index is 11.1. The molecule has 8 heteroatoms. The summed E-state index contributed by atoms with van der Waals surface area (Å²) >= 11 is 0. The van der Waals surface area contributed by atoms with E-state index in [2.05, 4.69) is 12.1 Å². The number of fused-ring (bicyclic) bond motifs is 5. The Hall–Kier alpha value is -3.13. The van der Waals surface area contributed by atoms with Gasteiger partial charge in [-0.05, 0) is 78.5 Å². The van der Waals surface area contributed by atoms with Gasteiger partial charge in [0, 0.05) is 17.7 Å². The number of non-ortho nitro benzene ring substituents is 1. The SMILES string of the molecule is COc1cc2c(cc1O)/C(=N/OCc1cccc([N+](=O)[O-])c1)C[C@@H]1C2CC[C@@]2(C)C1CCC[C@@H]2O. The van der Waals surface area contributed by atoms with Crippen molar-refractivity contribution in [1.29, 1.82) is 0 Å². The maximum Gasteiger partial charge on any atom is 0.269 e. The molecule has 0 radical (unpaired) electrons. The summed E-state index contributed by atoms with van der Waals surface area (Å²) in [4.78, 5) is 16.4. The Morgan fingerprint density at radius 1 is 1.23 bits per heavy atom. The zero-order chi connectivity index (χ0) is 24.7. The molecule has 0 aromatic heterocycles. The van der Waals surface area contributed by atoms with Gasteiger partial charge in [-0.2, -0.15) is 0 Å². The third-order valence-corrected chi connectivity index (χ3v) is 8.65. The van der Waals surface area contributed by atoms with E-state index in [9.17, 15) is 20.3 Å². The number of aliphatic hydroxyl groups excluding tert-OH is 1. The molecule has 0 heterocycles. The van der Waals surface area contributed by atoms with Crippen molar-refractivity contribution in [3.05, 3.63) is 63.2 Å². The first kappa shape index (κ1) is 23.6. The minimum atomic E-state index is -0.429. The van der Waals surface area contributed by atoms with E-state index in [1.54, 1.807) is 25.3 Å². The van der Waals surface area contributed by atoms with Crippen LogP contribution < -0.4 is 4.74 Å². The summed E-state index contributed by atoms with van der Waals surface area (Å²) in [5.74, 6) is 1.49. The fourth-order valence-corrected chi connectivity index (χ4v) is 6.79. The molecule has 2 unspecified atom stereocenters. The molecular formula is C27H32N2O6. The highest BCUT2D eigenvalue weighted by Crippen LogP contribution is 2.60. The van der Waals surface area contributed by atoms with E-state index in [0.717, 1.165) is 48.9 Å². The van der Waals surface area contributed by atoms with Crippen LogP contribution in [0.1, 0.15) is 68.1 Å². The number of aliphatic hydroxyl groups is 1. The van der Waals surface area contributed by atoms with Crippen LogP contribution in [-0.2, 0) is 11.4 Å². The number of nitro benzene ring substituents is 1. The van der Waals surface area contributed by atoms with Crippen molar-refractivity contribution in [1.82, 2.24) is 0 Å². The molecule has 186 valence electrons. The van der Waals surface area contributed by atoms with Crippen molar-refractivity contribution < 1.29 is 24.7 Å². The second-order valence-corrected chi connectivity index (χ2v) is 10.4. The standard InChI is InChI=1S/C27H32N2O6/c1-27-10-9-18-19-14-25(34-2)24(30)13-21(19)23(12-20(18)22(27)7-4-8-26(27)31)28-35-15-16-5-3-6-17(11-16)29(32)33/h3,5-6,11,13-14,18,20,22,26,30-31H,4,7-10,12,15H2,1-2H3/b28-23+/t18?,20-,22?,26+,27+/m1/s1. The van der Waals surface area contributed by atoms with Gasteiger partial charge < -0.3 is 19.8 Å². The molecule has 0 spiro atoms. The Balaban J connectivity index is 1.48. The summed E-state index contributed by atoms with van der Waals surface area (Å²) in [7, 11) is 1.55. The van der Waals surface area contributed by atoms with Crippen LogP contribution >= 0.6 is 0 Å². The number of ether oxygens (including phenoxy) is 1. The van der Waals surface area contributed by atoms with E-state index in [0.29, 0.717) is 35.5 Å². The van der Waals surface area contributed by atoms with E-state index in [4.69, 9.17) is 9.57 Å². The number of nitrogens with zero attached hydrogens (tertiary/aromatic N) is 2. The predicted octanol–water partition coefficient (Wildman–Crippen LogP) is 5.29. The molecule has 2 fully saturated rings. The van der Waals surface area contributed by atoms with Crippen molar-refractivity contribution >= 4 is 11.4 Å². The van der Waals surface area contributed by atoms with Crippen LogP contribution in [0.2, 0.25) is 0 Å². The molecule has 35 heavy (non-hydrogen) atoms. The smallest absolute Gasteiger partial charge is 0.269 e. The Kier molecular flexibility index (Phi) is 6.17. The molecule has 2 saturated carbocycles. The number of aromatic hydroxyl groups is 1. The van der Waals surface area contributed by atoms with Gasteiger partial charge in [-0.3, -0.25) is 10.1 Å². The van der Waals surface area contributed by atoms with Crippen LogP contribution in [0.25, 0.3) is 0 Å². The zero-order valence-electron chi connectivity index (χ0n) is 20.1. The first-order chi connectivity index (χ1) is 16.8. The first-order valence-corrected chi connectivity index (χ1v) is 12.3. The van der Waals surface area contributed by atoms with Crippen molar-refractivity contribution in [3.63, 3.8) is 0 Å². The first-order valence-electron chi connectivity index (χ1n) is 12.3. The number of oxime groups is 1. The van der Waals surface area contributed by atoms with Gasteiger partial charge in [0.05, 0.1) is 23.8 Å². The molecule has 5 atom stereocenters. The van der Waals surface area contributed by atoms with Gasteiger partial charge in [0.15, 0.2) is 11.5 Å². The topological polar surface area (TPSA) is 114 Å². The minimum absolute atomic E-state index is 0.0129. The summed E-state index contributed by atoms with van der Waals surface area (Å²) in [6, 6.07) is 9.97. The lowest BCUT2D eigenvalue weighted by molar-refractivity contribution is -0.384. The lowest BCUT2D eigenvalue weighted by Gasteiger charge is -2.56. The Bertz CT molecular complexity index is 1160. The van der Waals surface area contributed by atoms with Crippen LogP contribution in [0.4, 0.5) is 5.69 Å². The van der Waals surface area contributed by atoms with Crippen LogP contribution in [0.5, 0.6) is 11.5 Å². The second kappa shape index (κ2) is 9.15. The number of nitro groups is 1. The fourth-order valence-electron chi connectivity index (χ4n) is 6.79. The van der Waals surface area contributed by atoms with Crippen LogP contribution in [0.15, 0.2) is 41.6 Å². The molecule has 0 bridgehead atoms. The van der Waals surface area contributed by atoms with Crippen molar-refractivity contribution in [2.24, 2.45) is 22.4 Å². The van der Waals surface area contributed by atoms with Crippen molar-refractivity contribution in [2.45, 2.75) is 64.1 Å². The highest BCUT2D eigenvalue weighted by atomic mass is 16.6. The second-order valence-electron chi connectivity index (χ2n) is 10.4. The number of phenols is 1. The fraction of sp³-hybridized carbons (Fsp3) is 0.519. The van der Waals surface area contributed by atoms with E-state index < -0.39 is 4.92 Å². The minimum Gasteiger partial charge on any atom is -0.504 e. The molecule has 3 aliphatic rings. The molecule has 0 saturated heterocycles.